The number of nitrogens with zero attached hydrogens (tertiary/aromatic N) is 2. The predicted molar refractivity (Wildman–Crippen MR) is 163 cm³/mol. The van der Waals surface area contributed by atoms with Crippen molar-refractivity contribution in [2.45, 2.75) is 52.1 Å². The van der Waals surface area contributed by atoms with E-state index in [2.05, 4.69) is 5.32 Å². The predicted octanol–water partition coefficient (Wildman–Crippen LogP) is 5.35. The van der Waals surface area contributed by atoms with Crippen molar-refractivity contribution in [3.63, 3.8) is 0 Å². The van der Waals surface area contributed by atoms with Crippen molar-refractivity contribution in [3.05, 3.63) is 88.4 Å². The highest BCUT2D eigenvalue weighted by molar-refractivity contribution is 7.92. The van der Waals surface area contributed by atoms with Gasteiger partial charge in [-0.1, -0.05) is 67.4 Å². The molecule has 0 saturated heterocycles. The summed E-state index contributed by atoms with van der Waals surface area (Å²) in [6.07, 6.45) is 0. The van der Waals surface area contributed by atoms with Crippen molar-refractivity contribution >= 4 is 39.1 Å². The molecule has 3 rings (SSSR count). The monoisotopic (exact) mass is 599 g/mol. The van der Waals surface area contributed by atoms with Crippen LogP contribution < -0.4 is 14.4 Å². The van der Waals surface area contributed by atoms with Crippen molar-refractivity contribution in [1.82, 2.24) is 10.2 Å². The molecule has 0 aliphatic heterocycles. The van der Waals surface area contributed by atoms with Crippen molar-refractivity contribution < 1.29 is 22.7 Å². The largest absolute Gasteiger partial charge is 0.495 e. The van der Waals surface area contributed by atoms with E-state index in [1.165, 1.54) is 30.2 Å². The quantitative estimate of drug-likeness (QED) is 0.303. The fourth-order valence-corrected chi connectivity index (χ4v) is 5.80. The average molecular weight is 600 g/mol. The number of halogens is 1. The molecule has 1 N–H and O–H groups in total. The number of nitrogens with one attached hydrogen (secondary N) is 1. The van der Waals surface area contributed by atoms with E-state index in [4.69, 9.17) is 16.3 Å². The number of methoxy groups -OCH3 is 1. The Morgan fingerprint density at radius 3 is 2.24 bits per heavy atom. The molecule has 0 saturated carbocycles. The molecule has 2 amide bonds. The molecular formula is C31H38ClN3O5S. The first-order valence-corrected chi connectivity index (χ1v) is 15.2. The summed E-state index contributed by atoms with van der Waals surface area (Å²) in [5.41, 5.74) is 2.79. The summed E-state index contributed by atoms with van der Waals surface area (Å²) in [5, 5.41) is 3.16. The molecule has 3 aromatic carbocycles. The highest BCUT2D eigenvalue weighted by Crippen LogP contribution is 2.35. The maximum absolute atomic E-state index is 14.1. The van der Waals surface area contributed by atoms with Gasteiger partial charge < -0.3 is 15.0 Å². The Bertz CT molecular complexity index is 1480. The summed E-state index contributed by atoms with van der Waals surface area (Å²) >= 11 is 6.29. The van der Waals surface area contributed by atoms with Crippen LogP contribution in [0.1, 0.15) is 37.5 Å². The summed E-state index contributed by atoms with van der Waals surface area (Å²) in [5.74, 6) is -0.435. The Morgan fingerprint density at radius 2 is 1.63 bits per heavy atom. The first-order chi connectivity index (χ1) is 19.3. The molecule has 220 valence electrons. The Morgan fingerprint density at radius 1 is 0.976 bits per heavy atom. The van der Waals surface area contributed by atoms with Crippen molar-refractivity contribution in [2.24, 2.45) is 5.92 Å². The summed E-state index contributed by atoms with van der Waals surface area (Å²) in [7, 11) is -2.84. The van der Waals surface area contributed by atoms with E-state index >= 15 is 0 Å². The van der Waals surface area contributed by atoms with Gasteiger partial charge in [0.2, 0.25) is 11.8 Å². The third-order valence-corrected chi connectivity index (χ3v) is 8.76. The number of anilines is 1. The van der Waals surface area contributed by atoms with Crippen molar-refractivity contribution in [2.75, 3.05) is 24.5 Å². The lowest BCUT2D eigenvalue weighted by Gasteiger charge is -2.32. The lowest BCUT2D eigenvalue weighted by atomic mass is 10.1. The van der Waals surface area contributed by atoms with Gasteiger partial charge in [-0.05, 0) is 68.1 Å². The zero-order valence-corrected chi connectivity index (χ0v) is 25.9. The van der Waals surface area contributed by atoms with Gasteiger partial charge in [0.15, 0.2) is 0 Å². The third-order valence-electron chi connectivity index (χ3n) is 6.75. The second-order valence-corrected chi connectivity index (χ2v) is 12.7. The lowest BCUT2D eigenvalue weighted by Crippen LogP contribution is -2.51. The molecule has 0 unspecified atom stereocenters. The Kier molecular flexibility index (Phi) is 10.8. The van der Waals surface area contributed by atoms with Crippen LogP contribution in [-0.4, -0.2) is 51.4 Å². The van der Waals surface area contributed by atoms with Crippen LogP contribution in [0.4, 0.5) is 5.69 Å². The second-order valence-electron chi connectivity index (χ2n) is 10.4. The molecule has 0 aromatic heterocycles. The number of aryl methyl sites for hydroxylation is 2. The number of carbonyl (C=O) groups is 2. The van der Waals surface area contributed by atoms with Gasteiger partial charge in [-0.25, -0.2) is 8.42 Å². The Balaban J connectivity index is 2.09. The minimum absolute atomic E-state index is 0.00565. The maximum atomic E-state index is 14.1. The van der Waals surface area contributed by atoms with Crippen molar-refractivity contribution in [1.29, 1.82) is 0 Å². The van der Waals surface area contributed by atoms with Gasteiger partial charge in [-0.3, -0.25) is 13.9 Å². The lowest BCUT2D eigenvalue weighted by molar-refractivity contribution is -0.139. The fourth-order valence-electron chi connectivity index (χ4n) is 4.21. The summed E-state index contributed by atoms with van der Waals surface area (Å²) in [6.45, 7) is 9.36. The Hall–Kier alpha value is -3.56. The number of carbonyl (C=O) groups excluding carboxylic acids is 2. The molecule has 0 bridgehead atoms. The van der Waals surface area contributed by atoms with Crippen LogP contribution in [0.15, 0.2) is 71.6 Å². The van der Waals surface area contributed by atoms with E-state index < -0.39 is 28.5 Å². The number of sulfonamides is 1. The summed E-state index contributed by atoms with van der Waals surface area (Å²) < 4.78 is 34.6. The summed E-state index contributed by atoms with van der Waals surface area (Å²) in [4.78, 5) is 28.7. The number of hydrogen-bond donors (Lipinski definition) is 1. The normalized spacial score (nSPS) is 12.1. The van der Waals surface area contributed by atoms with E-state index in [-0.39, 0.29) is 39.7 Å². The molecule has 0 radical (unpaired) electrons. The zero-order valence-electron chi connectivity index (χ0n) is 24.3. The van der Waals surface area contributed by atoms with Crippen LogP contribution in [0.25, 0.3) is 0 Å². The van der Waals surface area contributed by atoms with Gasteiger partial charge in [0, 0.05) is 18.1 Å². The molecule has 0 aliphatic carbocycles. The highest BCUT2D eigenvalue weighted by Gasteiger charge is 2.34. The van der Waals surface area contributed by atoms with E-state index in [0.717, 1.165) is 21.0 Å². The molecule has 0 heterocycles. The van der Waals surface area contributed by atoms with Crippen LogP contribution in [0.5, 0.6) is 5.75 Å². The molecule has 41 heavy (non-hydrogen) atoms. The molecular weight excluding hydrogens is 562 g/mol. The average Bonchev–Trinajstić information content (AvgIpc) is 2.93. The Labute approximate surface area is 248 Å². The summed E-state index contributed by atoms with van der Waals surface area (Å²) in [6, 6.07) is 17.6. The first kappa shape index (κ1) is 32.0. The van der Waals surface area contributed by atoms with E-state index in [0.29, 0.717) is 6.54 Å². The van der Waals surface area contributed by atoms with Crippen LogP contribution in [0.2, 0.25) is 5.02 Å². The SMILES string of the molecule is COc1ccc(Cl)cc1N(CC(=O)N(Cc1ccccc1C)[C@H](C)C(=O)NCC(C)C)S(=O)(=O)c1ccc(C)cc1. The topological polar surface area (TPSA) is 96.0 Å². The van der Waals surface area contributed by atoms with Crippen molar-refractivity contribution in [3.8, 4) is 5.75 Å². The molecule has 3 aromatic rings. The van der Waals surface area contributed by atoms with Gasteiger partial charge in [0.05, 0.1) is 17.7 Å². The standard InChI is InChI=1S/C31H38ClN3O5S/c1-21(2)18-33-31(37)24(5)34(19-25-10-8-7-9-23(25)4)30(36)20-35(28-17-26(32)13-16-29(28)40-6)41(38,39)27-14-11-22(3)12-15-27/h7-17,21,24H,18-20H2,1-6H3,(H,33,37)/t24-/m1/s1. The number of ether oxygens (including phenoxy) is 1. The van der Waals surface area contributed by atoms with Crippen LogP contribution in [0.3, 0.4) is 0 Å². The van der Waals surface area contributed by atoms with E-state index in [1.807, 2.05) is 52.0 Å². The molecule has 8 nitrogen and oxygen atoms in total. The number of hydrogen-bond acceptors (Lipinski definition) is 5. The van der Waals surface area contributed by atoms with E-state index in [1.54, 1.807) is 31.2 Å². The van der Waals surface area contributed by atoms with Crippen LogP contribution in [-0.2, 0) is 26.2 Å². The van der Waals surface area contributed by atoms with Crippen LogP contribution in [0, 0.1) is 19.8 Å². The van der Waals surface area contributed by atoms with Gasteiger partial charge in [0.1, 0.15) is 18.3 Å². The molecule has 0 aliphatic rings. The van der Waals surface area contributed by atoms with Gasteiger partial charge in [-0.2, -0.15) is 0 Å². The highest BCUT2D eigenvalue weighted by atomic mass is 35.5. The second kappa shape index (κ2) is 13.9. The maximum Gasteiger partial charge on any atom is 0.264 e. The third kappa shape index (κ3) is 8.01. The van der Waals surface area contributed by atoms with Gasteiger partial charge in [0.25, 0.3) is 10.0 Å². The van der Waals surface area contributed by atoms with E-state index in [9.17, 15) is 18.0 Å². The van der Waals surface area contributed by atoms with Gasteiger partial charge >= 0.3 is 0 Å². The van der Waals surface area contributed by atoms with Crippen LogP contribution >= 0.6 is 11.6 Å². The first-order valence-electron chi connectivity index (χ1n) is 13.4. The fraction of sp³-hybridized carbons (Fsp3) is 0.355. The molecule has 1 atom stereocenters. The zero-order chi connectivity index (χ0) is 30.3. The number of amides is 2. The minimum atomic E-state index is -4.25. The number of rotatable bonds is 12. The molecule has 10 heteroatoms. The smallest absolute Gasteiger partial charge is 0.264 e. The number of benzene rings is 3. The van der Waals surface area contributed by atoms with Gasteiger partial charge in [-0.15, -0.1) is 0 Å². The molecule has 0 spiro atoms. The molecule has 0 fully saturated rings. The minimum Gasteiger partial charge on any atom is -0.495 e.